The molecule has 1 aliphatic rings. The van der Waals surface area contributed by atoms with Crippen molar-refractivity contribution < 1.29 is 19.4 Å². The number of carbonyl (C=O) groups is 2. The van der Waals surface area contributed by atoms with E-state index >= 15 is 0 Å². The molecular weight excluding hydrogens is 466 g/mol. The summed E-state index contributed by atoms with van der Waals surface area (Å²) in [4.78, 5) is 24.5. The number of fused-ring (bicyclic) bond motifs is 1. The van der Waals surface area contributed by atoms with Crippen molar-refractivity contribution in [3.05, 3.63) is 68.5 Å². The van der Waals surface area contributed by atoms with Gasteiger partial charge in [-0.25, -0.2) is 4.79 Å². The third-order valence-corrected chi connectivity index (χ3v) is 6.05. The third kappa shape index (κ3) is 3.65. The van der Waals surface area contributed by atoms with Gasteiger partial charge in [0.15, 0.2) is 6.10 Å². The highest BCUT2D eigenvalue weighted by Crippen LogP contribution is 2.37. The molecule has 0 spiro atoms. The van der Waals surface area contributed by atoms with Gasteiger partial charge in [-0.3, -0.25) is 4.79 Å². The molecular formula is C20H13BrClNO4S. The number of benzene rings is 2. The first kappa shape index (κ1) is 19.0. The van der Waals surface area contributed by atoms with Crippen molar-refractivity contribution in [3.8, 4) is 16.9 Å². The van der Waals surface area contributed by atoms with E-state index in [1.807, 2.05) is 24.3 Å². The number of hydrogen-bond donors (Lipinski definition) is 2. The van der Waals surface area contributed by atoms with Gasteiger partial charge in [0.1, 0.15) is 16.3 Å². The normalized spacial score (nSPS) is 15.0. The van der Waals surface area contributed by atoms with Gasteiger partial charge in [-0.15, -0.1) is 11.3 Å². The summed E-state index contributed by atoms with van der Waals surface area (Å²) in [5, 5.41) is 15.0. The number of halogens is 2. The topological polar surface area (TPSA) is 75.6 Å². The first-order valence-corrected chi connectivity index (χ1v) is 10.3. The van der Waals surface area contributed by atoms with E-state index in [4.69, 9.17) is 16.3 Å². The predicted molar refractivity (Wildman–Crippen MR) is 113 cm³/mol. The second-order valence-electron chi connectivity index (χ2n) is 6.22. The van der Waals surface area contributed by atoms with Crippen molar-refractivity contribution >= 4 is 55.7 Å². The summed E-state index contributed by atoms with van der Waals surface area (Å²) in [7, 11) is 0. The molecule has 3 aromatic rings. The number of carboxylic acids is 1. The number of rotatable bonds is 4. The Hall–Kier alpha value is -2.35. The zero-order valence-electron chi connectivity index (χ0n) is 14.2. The summed E-state index contributed by atoms with van der Waals surface area (Å²) in [5.74, 6) is -0.874. The van der Waals surface area contributed by atoms with Crippen LogP contribution in [0.25, 0.3) is 11.1 Å². The summed E-state index contributed by atoms with van der Waals surface area (Å²) < 4.78 is 6.58. The first-order chi connectivity index (χ1) is 13.4. The standard InChI is InChI=1S/C20H13BrClNO4S/c21-12-3-1-10(2-4-12)14-9-28-19(17(14)20(25)26)23-18(24)16-8-11-7-13(22)5-6-15(11)27-16/h1-7,9,16H,8H2,(H,23,24)(H,25,26). The molecule has 8 heteroatoms. The fourth-order valence-corrected chi connectivity index (χ4v) is 4.48. The first-order valence-electron chi connectivity index (χ1n) is 8.29. The van der Waals surface area contributed by atoms with Crippen molar-refractivity contribution in [2.45, 2.75) is 12.5 Å². The lowest BCUT2D eigenvalue weighted by Crippen LogP contribution is -2.31. The molecule has 1 unspecified atom stereocenters. The average Bonchev–Trinajstić information content (AvgIpc) is 3.26. The monoisotopic (exact) mass is 477 g/mol. The highest BCUT2D eigenvalue weighted by molar-refractivity contribution is 9.10. The van der Waals surface area contributed by atoms with Crippen molar-refractivity contribution in [2.75, 3.05) is 5.32 Å². The van der Waals surface area contributed by atoms with Gasteiger partial charge < -0.3 is 15.2 Å². The van der Waals surface area contributed by atoms with E-state index in [0.717, 1.165) is 15.6 Å². The quantitative estimate of drug-likeness (QED) is 0.521. The molecule has 0 bridgehead atoms. The molecule has 2 heterocycles. The van der Waals surface area contributed by atoms with Crippen LogP contribution in [-0.4, -0.2) is 23.1 Å². The second kappa shape index (κ2) is 7.58. The molecule has 0 saturated heterocycles. The van der Waals surface area contributed by atoms with E-state index in [-0.39, 0.29) is 16.5 Å². The Labute approximate surface area is 178 Å². The van der Waals surface area contributed by atoms with E-state index in [9.17, 15) is 14.7 Å². The number of amides is 1. The minimum absolute atomic E-state index is 0.0687. The number of anilines is 1. The van der Waals surface area contributed by atoms with Crippen LogP contribution in [0.1, 0.15) is 15.9 Å². The summed E-state index contributed by atoms with van der Waals surface area (Å²) in [6.45, 7) is 0. The zero-order chi connectivity index (χ0) is 19.8. The lowest BCUT2D eigenvalue weighted by Gasteiger charge is -2.11. The number of aromatic carboxylic acids is 1. The molecule has 0 saturated carbocycles. The van der Waals surface area contributed by atoms with Crippen LogP contribution >= 0.6 is 38.9 Å². The predicted octanol–water partition coefficient (Wildman–Crippen LogP) is 5.47. The molecule has 142 valence electrons. The number of thiophene rings is 1. The van der Waals surface area contributed by atoms with E-state index in [0.29, 0.717) is 22.8 Å². The second-order valence-corrected chi connectivity index (χ2v) is 8.45. The number of carbonyl (C=O) groups excluding carboxylic acids is 1. The van der Waals surface area contributed by atoms with Crippen molar-refractivity contribution in [1.82, 2.24) is 0 Å². The van der Waals surface area contributed by atoms with Crippen molar-refractivity contribution in [2.24, 2.45) is 0 Å². The van der Waals surface area contributed by atoms with Crippen LogP contribution in [-0.2, 0) is 11.2 Å². The molecule has 0 fully saturated rings. The maximum Gasteiger partial charge on any atom is 0.339 e. The maximum absolute atomic E-state index is 12.7. The van der Waals surface area contributed by atoms with Crippen LogP contribution < -0.4 is 10.1 Å². The molecule has 1 aromatic heterocycles. The summed E-state index contributed by atoms with van der Waals surface area (Å²) >= 11 is 10.5. The molecule has 1 atom stereocenters. The molecule has 28 heavy (non-hydrogen) atoms. The Balaban J connectivity index is 1.58. The van der Waals surface area contributed by atoms with Crippen LogP contribution in [0.3, 0.4) is 0 Å². The van der Waals surface area contributed by atoms with Crippen LogP contribution in [0.5, 0.6) is 5.75 Å². The van der Waals surface area contributed by atoms with E-state index < -0.39 is 12.1 Å². The van der Waals surface area contributed by atoms with Gasteiger partial charge in [-0.2, -0.15) is 0 Å². The van der Waals surface area contributed by atoms with Gasteiger partial charge in [-0.1, -0.05) is 39.7 Å². The van der Waals surface area contributed by atoms with Crippen LogP contribution in [0.2, 0.25) is 5.02 Å². The van der Waals surface area contributed by atoms with Crippen LogP contribution in [0.15, 0.2) is 52.3 Å². The number of hydrogen-bond acceptors (Lipinski definition) is 4. The van der Waals surface area contributed by atoms with Gasteiger partial charge in [0.05, 0.1) is 0 Å². The lowest BCUT2D eigenvalue weighted by molar-refractivity contribution is -0.122. The van der Waals surface area contributed by atoms with Crippen LogP contribution in [0.4, 0.5) is 5.00 Å². The fourth-order valence-electron chi connectivity index (χ4n) is 3.06. The number of carboxylic acid groups (broad SMARTS) is 1. The molecule has 5 nitrogen and oxygen atoms in total. The highest BCUT2D eigenvalue weighted by atomic mass is 79.9. The molecule has 1 amide bonds. The molecule has 0 radical (unpaired) electrons. The number of nitrogens with one attached hydrogen (secondary N) is 1. The highest BCUT2D eigenvalue weighted by Gasteiger charge is 2.31. The van der Waals surface area contributed by atoms with Crippen molar-refractivity contribution in [1.29, 1.82) is 0 Å². The van der Waals surface area contributed by atoms with E-state index in [1.54, 1.807) is 23.6 Å². The Morgan fingerprint density at radius 3 is 2.68 bits per heavy atom. The molecule has 1 aliphatic heterocycles. The maximum atomic E-state index is 12.7. The van der Waals surface area contributed by atoms with E-state index in [1.165, 1.54) is 11.3 Å². The summed E-state index contributed by atoms with van der Waals surface area (Å²) in [6.07, 6.45) is -0.344. The van der Waals surface area contributed by atoms with Gasteiger partial charge in [0.25, 0.3) is 5.91 Å². The van der Waals surface area contributed by atoms with Crippen molar-refractivity contribution in [3.63, 3.8) is 0 Å². The Kier molecular flexibility index (Phi) is 5.14. The molecule has 2 N–H and O–H groups in total. The molecule has 2 aromatic carbocycles. The molecule has 4 rings (SSSR count). The van der Waals surface area contributed by atoms with Gasteiger partial charge in [0, 0.05) is 26.9 Å². The van der Waals surface area contributed by atoms with E-state index in [2.05, 4.69) is 21.2 Å². The summed E-state index contributed by atoms with van der Waals surface area (Å²) in [5.41, 5.74) is 2.24. The van der Waals surface area contributed by atoms with Gasteiger partial charge >= 0.3 is 5.97 Å². The largest absolute Gasteiger partial charge is 0.480 e. The Morgan fingerprint density at radius 2 is 1.96 bits per heavy atom. The number of ether oxygens (including phenoxy) is 1. The van der Waals surface area contributed by atoms with Crippen LogP contribution in [0, 0.1) is 0 Å². The smallest absolute Gasteiger partial charge is 0.339 e. The third-order valence-electron chi connectivity index (χ3n) is 4.39. The SMILES string of the molecule is O=C(O)c1c(-c2ccc(Br)cc2)csc1NC(=O)C1Cc2cc(Cl)ccc2O1. The summed E-state index contributed by atoms with van der Waals surface area (Å²) in [6, 6.07) is 12.5. The Bertz CT molecular complexity index is 1080. The minimum Gasteiger partial charge on any atom is -0.480 e. The Morgan fingerprint density at radius 1 is 1.21 bits per heavy atom. The van der Waals surface area contributed by atoms with Gasteiger partial charge in [0.2, 0.25) is 0 Å². The lowest BCUT2D eigenvalue weighted by atomic mass is 10.0. The minimum atomic E-state index is -1.10. The van der Waals surface area contributed by atoms with Gasteiger partial charge in [-0.05, 0) is 41.5 Å². The fraction of sp³-hybridized carbons (Fsp3) is 0.100. The molecule has 0 aliphatic carbocycles. The zero-order valence-corrected chi connectivity index (χ0v) is 17.4. The average molecular weight is 479 g/mol.